The van der Waals surface area contributed by atoms with Gasteiger partial charge in [0.2, 0.25) is 0 Å². The lowest BCUT2D eigenvalue weighted by atomic mass is 10.1. The number of ether oxygens (including phenoxy) is 2. The summed E-state index contributed by atoms with van der Waals surface area (Å²) < 4.78 is 25.4. The molecule has 2 N–H and O–H groups in total. The molecule has 12 heteroatoms. The lowest BCUT2D eigenvalue weighted by Gasteiger charge is -2.15. The predicted octanol–water partition coefficient (Wildman–Crippen LogP) is 5.46. The number of amides is 2. The molecular weight excluding hydrogens is 563 g/mol. The molecule has 38 heavy (non-hydrogen) atoms. The number of benzene rings is 3. The Morgan fingerprint density at radius 3 is 2.58 bits per heavy atom. The number of nitro groups is 1. The van der Waals surface area contributed by atoms with Gasteiger partial charge in [-0.05, 0) is 64.8 Å². The molecule has 0 unspecified atom stereocenters. The van der Waals surface area contributed by atoms with Crippen LogP contribution in [0.1, 0.15) is 12.5 Å². The van der Waals surface area contributed by atoms with E-state index in [-0.39, 0.29) is 40.7 Å². The Kier molecular flexibility index (Phi) is 9.50. The minimum atomic E-state index is -0.771. The van der Waals surface area contributed by atoms with Crippen molar-refractivity contribution in [2.45, 2.75) is 6.92 Å². The summed E-state index contributed by atoms with van der Waals surface area (Å²) in [6.07, 6.45) is 1.30. The molecule has 0 bridgehead atoms. The first-order chi connectivity index (χ1) is 18.2. The number of halogens is 2. The van der Waals surface area contributed by atoms with Gasteiger partial charge in [-0.1, -0.05) is 18.2 Å². The summed E-state index contributed by atoms with van der Waals surface area (Å²) in [7, 11) is 0. The largest absolute Gasteiger partial charge is 0.490 e. The normalized spacial score (nSPS) is 10.7. The van der Waals surface area contributed by atoms with Gasteiger partial charge >= 0.3 is 0 Å². The number of nitriles is 1. The van der Waals surface area contributed by atoms with E-state index < -0.39 is 29.2 Å². The van der Waals surface area contributed by atoms with Gasteiger partial charge in [0.05, 0.1) is 21.7 Å². The van der Waals surface area contributed by atoms with Gasteiger partial charge in [0.15, 0.2) is 18.1 Å². The van der Waals surface area contributed by atoms with Gasteiger partial charge in [-0.25, -0.2) is 4.39 Å². The third-order valence-electron chi connectivity index (χ3n) is 4.82. The predicted molar refractivity (Wildman–Crippen MR) is 141 cm³/mol. The fourth-order valence-electron chi connectivity index (χ4n) is 3.17. The Labute approximate surface area is 225 Å². The van der Waals surface area contributed by atoms with E-state index in [9.17, 15) is 29.4 Å². The number of rotatable bonds is 10. The molecule has 0 saturated carbocycles. The quantitative estimate of drug-likeness (QED) is 0.140. The van der Waals surface area contributed by atoms with Crippen molar-refractivity contribution in [3.63, 3.8) is 0 Å². The number of carbonyl (C=O) groups is 2. The first-order valence-corrected chi connectivity index (χ1v) is 11.8. The van der Waals surface area contributed by atoms with Crippen molar-refractivity contribution >= 4 is 50.9 Å². The van der Waals surface area contributed by atoms with Crippen LogP contribution in [0.25, 0.3) is 6.08 Å². The van der Waals surface area contributed by atoms with Gasteiger partial charge in [-0.2, -0.15) is 5.26 Å². The van der Waals surface area contributed by atoms with E-state index in [1.165, 1.54) is 54.6 Å². The Morgan fingerprint density at radius 2 is 1.89 bits per heavy atom. The number of nitro benzene ring substituents is 1. The maximum Gasteiger partial charge on any atom is 0.271 e. The van der Waals surface area contributed by atoms with Crippen LogP contribution in [0.4, 0.5) is 21.5 Å². The van der Waals surface area contributed by atoms with Gasteiger partial charge in [0.25, 0.3) is 17.5 Å². The van der Waals surface area contributed by atoms with Crippen LogP contribution >= 0.6 is 15.9 Å². The van der Waals surface area contributed by atoms with E-state index in [2.05, 4.69) is 26.6 Å². The van der Waals surface area contributed by atoms with Crippen LogP contribution < -0.4 is 20.1 Å². The Morgan fingerprint density at radius 1 is 1.13 bits per heavy atom. The zero-order valence-corrected chi connectivity index (χ0v) is 21.5. The van der Waals surface area contributed by atoms with Gasteiger partial charge in [0.1, 0.15) is 17.5 Å². The zero-order valence-electron chi connectivity index (χ0n) is 19.9. The van der Waals surface area contributed by atoms with Crippen molar-refractivity contribution in [2.75, 3.05) is 23.8 Å². The highest BCUT2D eigenvalue weighted by molar-refractivity contribution is 9.10. The molecule has 0 spiro atoms. The zero-order chi connectivity index (χ0) is 27.7. The summed E-state index contributed by atoms with van der Waals surface area (Å²) in [5.41, 5.74) is 0.0730. The SMILES string of the molecule is CCOc1cc(/C=C(/C#N)C(=O)Nc2cccc([N+](=O)[O-])c2)cc(Br)c1OCC(=O)Nc1ccccc1F. The van der Waals surface area contributed by atoms with Crippen LogP contribution in [0.5, 0.6) is 11.5 Å². The molecule has 194 valence electrons. The Bertz CT molecular complexity index is 1450. The number of para-hydroxylation sites is 1. The Hall–Kier alpha value is -4.76. The molecule has 2 amide bonds. The minimum absolute atomic E-state index is 0.0121. The molecule has 0 aromatic heterocycles. The number of hydrogen-bond donors (Lipinski definition) is 2. The van der Waals surface area contributed by atoms with E-state index in [0.29, 0.717) is 10.0 Å². The lowest BCUT2D eigenvalue weighted by Crippen LogP contribution is -2.21. The topological polar surface area (TPSA) is 144 Å². The first kappa shape index (κ1) is 27.8. The molecule has 0 fully saturated rings. The average molecular weight is 583 g/mol. The second-order valence-corrected chi connectivity index (χ2v) is 8.37. The third-order valence-corrected chi connectivity index (χ3v) is 5.41. The number of carbonyl (C=O) groups excluding carboxylic acids is 2. The standard InChI is InChI=1S/C26H20BrFN4O6/c1-2-37-23-12-16(10-17(14-29)26(34)30-18-6-5-7-19(13-18)32(35)36)11-20(27)25(23)38-15-24(33)31-22-9-4-3-8-21(22)28/h3-13H,2,15H2,1H3,(H,30,34)(H,31,33)/b17-10-. The van der Waals surface area contributed by atoms with Crippen LogP contribution in [0.2, 0.25) is 0 Å². The summed E-state index contributed by atoms with van der Waals surface area (Å²) in [5, 5.41) is 25.4. The van der Waals surface area contributed by atoms with E-state index >= 15 is 0 Å². The fourth-order valence-corrected chi connectivity index (χ4v) is 3.75. The maximum atomic E-state index is 13.8. The molecule has 3 aromatic rings. The number of nitrogens with zero attached hydrogens (tertiary/aromatic N) is 2. The molecular formula is C26H20BrFN4O6. The summed E-state index contributed by atoms with van der Waals surface area (Å²) in [6, 6.07) is 15.9. The fraction of sp³-hybridized carbons (Fsp3) is 0.115. The van der Waals surface area contributed by atoms with Crippen molar-refractivity contribution < 1.29 is 28.4 Å². The minimum Gasteiger partial charge on any atom is -0.490 e. The molecule has 3 rings (SSSR count). The first-order valence-electron chi connectivity index (χ1n) is 11.0. The molecule has 0 radical (unpaired) electrons. The highest BCUT2D eigenvalue weighted by Gasteiger charge is 2.17. The summed E-state index contributed by atoms with van der Waals surface area (Å²) in [6.45, 7) is 1.53. The third kappa shape index (κ3) is 7.37. The van der Waals surface area contributed by atoms with Gasteiger partial charge in [0, 0.05) is 17.8 Å². The van der Waals surface area contributed by atoms with Crippen molar-refractivity contribution in [3.05, 3.63) is 92.2 Å². The van der Waals surface area contributed by atoms with Crippen molar-refractivity contribution in [2.24, 2.45) is 0 Å². The second kappa shape index (κ2) is 13.0. The molecule has 3 aromatic carbocycles. The summed E-state index contributed by atoms with van der Waals surface area (Å²) in [4.78, 5) is 35.3. The Balaban J connectivity index is 1.78. The van der Waals surface area contributed by atoms with Crippen molar-refractivity contribution in [1.82, 2.24) is 0 Å². The number of anilines is 2. The molecule has 10 nitrogen and oxygen atoms in total. The molecule has 0 saturated heterocycles. The van der Waals surface area contributed by atoms with E-state index in [0.717, 1.165) is 0 Å². The van der Waals surface area contributed by atoms with Gasteiger partial charge in [-0.3, -0.25) is 19.7 Å². The lowest BCUT2D eigenvalue weighted by molar-refractivity contribution is -0.384. The number of hydrogen-bond acceptors (Lipinski definition) is 7. The van der Waals surface area contributed by atoms with Gasteiger partial charge in [-0.15, -0.1) is 0 Å². The van der Waals surface area contributed by atoms with Gasteiger partial charge < -0.3 is 20.1 Å². The van der Waals surface area contributed by atoms with Crippen molar-refractivity contribution in [3.8, 4) is 17.6 Å². The summed E-state index contributed by atoms with van der Waals surface area (Å²) in [5.74, 6) is -1.54. The van der Waals surface area contributed by atoms with Crippen LogP contribution in [-0.2, 0) is 9.59 Å². The number of non-ortho nitro benzene ring substituents is 1. The van der Waals surface area contributed by atoms with E-state index in [1.54, 1.807) is 25.1 Å². The van der Waals surface area contributed by atoms with E-state index in [4.69, 9.17) is 9.47 Å². The molecule has 0 aliphatic carbocycles. The van der Waals surface area contributed by atoms with Crippen LogP contribution in [0.3, 0.4) is 0 Å². The average Bonchev–Trinajstić information content (AvgIpc) is 2.88. The molecule has 0 heterocycles. The maximum absolute atomic E-state index is 13.8. The monoisotopic (exact) mass is 582 g/mol. The van der Waals surface area contributed by atoms with Crippen LogP contribution in [-0.4, -0.2) is 30.0 Å². The van der Waals surface area contributed by atoms with E-state index in [1.807, 2.05) is 0 Å². The highest BCUT2D eigenvalue weighted by atomic mass is 79.9. The van der Waals surface area contributed by atoms with Crippen LogP contribution in [0, 0.1) is 27.3 Å². The molecule has 0 aliphatic heterocycles. The summed E-state index contributed by atoms with van der Waals surface area (Å²) >= 11 is 3.35. The van der Waals surface area contributed by atoms with Crippen molar-refractivity contribution in [1.29, 1.82) is 5.26 Å². The van der Waals surface area contributed by atoms with Crippen LogP contribution in [0.15, 0.2) is 70.7 Å². The highest BCUT2D eigenvalue weighted by Crippen LogP contribution is 2.37. The second-order valence-electron chi connectivity index (χ2n) is 7.51. The number of nitrogens with one attached hydrogen (secondary N) is 2. The molecule has 0 atom stereocenters. The smallest absolute Gasteiger partial charge is 0.271 e. The molecule has 0 aliphatic rings.